The molecule has 1 heterocycles. The summed E-state index contributed by atoms with van der Waals surface area (Å²) in [6, 6.07) is 8.86. The highest BCUT2D eigenvalue weighted by Gasteiger charge is 2.13. The third-order valence-electron chi connectivity index (χ3n) is 3.54. The summed E-state index contributed by atoms with van der Waals surface area (Å²) >= 11 is 1.82. The monoisotopic (exact) mass is 302 g/mol. The Kier molecular flexibility index (Phi) is 5.54. The van der Waals surface area contributed by atoms with E-state index in [2.05, 4.69) is 57.3 Å². The van der Waals surface area contributed by atoms with Crippen LogP contribution in [0, 0.1) is 5.92 Å². The standard InChI is InChI=1S/C18H26N2S/c1-12(2)10-16-17(11-19-5)21-18(20-16)15-8-6-14(7-9-15)13(3)4/h6-9,12-13,19H,10-11H2,1-5H3. The highest BCUT2D eigenvalue weighted by Crippen LogP contribution is 2.30. The topological polar surface area (TPSA) is 24.9 Å². The van der Waals surface area contributed by atoms with Gasteiger partial charge in [-0.3, -0.25) is 0 Å². The number of hydrogen-bond donors (Lipinski definition) is 1. The summed E-state index contributed by atoms with van der Waals surface area (Å²) in [4.78, 5) is 6.26. The Morgan fingerprint density at radius 2 is 1.76 bits per heavy atom. The zero-order valence-corrected chi connectivity index (χ0v) is 14.6. The molecule has 0 unspecified atom stereocenters. The van der Waals surface area contributed by atoms with Gasteiger partial charge in [0.05, 0.1) is 5.69 Å². The molecule has 21 heavy (non-hydrogen) atoms. The van der Waals surface area contributed by atoms with Gasteiger partial charge in [-0.15, -0.1) is 11.3 Å². The minimum absolute atomic E-state index is 0.576. The van der Waals surface area contributed by atoms with Crippen LogP contribution in [0.25, 0.3) is 10.6 Å². The third kappa shape index (κ3) is 4.14. The lowest BCUT2D eigenvalue weighted by Crippen LogP contribution is -2.07. The third-order valence-corrected chi connectivity index (χ3v) is 4.69. The summed E-state index contributed by atoms with van der Waals surface area (Å²) in [6.07, 6.45) is 1.05. The van der Waals surface area contributed by atoms with Gasteiger partial charge in [-0.2, -0.15) is 0 Å². The average Bonchev–Trinajstić information content (AvgIpc) is 2.82. The van der Waals surface area contributed by atoms with Crippen LogP contribution in [0.1, 0.15) is 49.7 Å². The van der Waals surface area contributed by atoms with E-state index in [4.69, 9.17) is 4.98 Å². The van der Waals surface area contributed by atoms with Crippen molar-refractivity contribution in [2.45, 2.75) is 46.6 Å². The largest absolute Gasteiger partial charge is 0.315 e. The second kappa shape index (κ2) is 7.19. The van der Waals surface area contributed by atoms with Crippen LogP contribution in [0.15, 0.2) is 24.3 Å². The van der Waals surface area contributed by atoms with Crippen molar-refractivity contribution in [3.8, 4) is 10.6 Å². The average molecular weight is 302 g/mol. The molecule has 2 aromatic rings. The molecule has 3 heteroatoms. The summed E-state index contributed by atoms with van der Waals surface area (Å²) < 4.78 is 0. The van der Waals surface area contributed by atoms with E-state index >= 15 is 0 Å². The SMILES string of the molecule is CNCc1sc(-c2ccc(C(C)C)cc2)nc1CC(C)C. The van der Waals surface area contributed by atoms with Gasteiger partial charge in [-0.1, -0.05) is 52.0 Å². The lowest BCUT2D eigenvalue weighted by molar-refractivity contribution is 0.631. The number of rotatable bonds is 6. The van der Waals surface area contributed by atoms with Crippen LogP contribution in [0.4, 0.5) is 0 Å². The van der Waals surface area contributed by atoms with Crippen molar-refractivity contribution in [2.24, 2.45) is 5.92 Å². The summed E-state index contributed by atoms with van der Waals surface area (Å²) in [6.45, 7) is 9.86. The van der Waals surface area contributed by atoms with Gasteiger partial charge in [-0.25, -0.2) is 4.98 Å². The van der Waals surface area contributed by atoms with Crippen LogP contribution < -0.4 is 5.32 Å². The van der Waals surface area contributed by atoms with E-state index in [0.29, 0.717) is 11.8 Å². The fourth-order valence-electron chi connectivity index (χ4n) is 2.36. The van der Waals surface area contributed by atoms with Crippen molar-refractivity contribution in [1.82, 2.24) is 10.3 Å². The van der Waals surface area contributed by atoms with Crippen molar-refractivity contribution in [2.75, 3.05) is 7.05 Å². The molecule has 0 fully saturated rings. The van der Waals surface area contributed by atoms with Gasteiger partial charge in [0.15, 0.2) is 0 Å². The van der Waals surface area contributed by atoms with Gasteiger partial charge >= 0.3 is 0 Å². The molecule has 2 nitrogen and oxygen atoms in total. The van der Waals surface area contributed by atoms with E-state index in [0.717, 1.165) is 18.0 Å². The summed E-state index contributed by atoms with van der Waals surface area (Å²) in [5.41, 5.74) is 3.87. The highest BCUT2D eigenvalue weighted by molar-refractivity contribution is 7.15. The number of benzene rings is 1. The molecule has 114 valence electrons. The second-order valence-corrected chi connectivity index (χ2v) is 7.38. The van der Waals surface area contributed by atoms with Crippen LogP contribution in [0.2, 0.25) is 0 Å². The molecular formula is C18H26N2S. The quantitative estimate of drug-likeness (QED) is 0.825. The van der Waals surface area contributed by atoms with Crippen LogP contribution >= 0.6 is 11.3 Å². The molecule has 1 aromatic carbocycles. The first-order chi connectivity index (χ1) is 10.0. The lowest BCUT2D eigenvalue weighted by Gasteiger charge is -2.05. The van der Waals surface area contributed by atoms with E-state index in [9.17, 15) is 0 Å². The molecule has 0 saturated carbocycles. The molecule has 0 bridgehead atoms. The maximum absolute atomic E-state index is 4.89. The predicted molar refractivity (Wildman–Crippen MR) is 92.9 cm³/mol. The molecule has 0 amide bonds. The van der Waals surface area contributed by atoms with Crippen LogP contribution in [0.3, 0.4) is 0 Å². The molecule has 0 atom stereocenters. The Morgan fingerprint density at radius 1 is 1.10 bits per heavy atom. The number of thiazole rings is 1. The van der Waals surface area contributed by atoms with Crippen LogP contribution in [0.5, 0.6) is 0 Å². The Bertz CT molecular complexity index is 567. The van der Waals surface area contributed by atoms with Gasteiger partial charge < -0.3 is 5.32 Å². The highest BCUT2D eigenvalue weighted by atomic mass is 32.1. The minimum Gasteiger partial charge on any atom is -0.315 e. The van der Waals surface area contributed by atoms with Gasteiger partial charge in [-0.05, 0) is 30.9 Å². The number of nitrogens with one attached hydrogen (secondary N) is 1. The number of nitrogens with zero attached hydrogens (tertiary/aromatic N) is 1. The zero-order chi connectivity index (χ0) is 15.4. The van der Waals surface area contributed by atoms with E-state index < -0.39 is 0 Å². The van der Waals surface area contributed by atoms with E-state index in [-0.39, 0.29) is 0 Å². The molecule has 0 spiro atoms. The number of hydrogen-bond acceptors (Lipinski definition) is 3. The molecule has 0 aliphatic rings. The fraction of sp³-hybridized carbons (Fsp3) is 0.500. The molecule has 1 N–H and O–H groups in total. The summed E-state index contributed by atoms with van der Waals surface area (Å²) in [5.74, 6) is 1.21. The van der Waals surface area contributed by atoms with Crippen LogP contribution in [-0.2, 0) is 13.0 Å². The van der Waals surface area contributed by atoms with Crippen molar-refractivity contribution in [3.63, 3.8) is 0 Å². The maximum Gasteiger partial charge on any atom is 0.123 e. The first-order valence-electron chi connectivity index (χ1n) is 7.74. The minimum atomic E-state index is 0.576. The first kappa shape index (κ1) is 16.2. The van der Waals surface area contributed by atoms with E-state index in [1.165, 1.54) is 21.7 Å². The Labute approximate surface area is 132 Å². The Morgan fingerprint density at radius 3 is 2.29 bits per heavy atom. The van der Waals surface area contributed by atoms with Gasteiger partial charge in [0, 0.05) is 17.0 Å². The number of aromatic nitrogens is 1. The molecule has 0 saturated heterocycles. The molecule has 0 radical (unpaired) electrons. The van der Waals surface area contributed by atoms with Crippen molar-refractivity contribution >= 4 is 11.3 Å². The molecule has 0 aliphatic heterocycles. The molecule has 2 rings (SSSR count). The second-order valence-electron chi connectivity index (χ2n) is 6.29. The molecule has 0 aliphatic carbocycles. The normalized spacial score (nSPS) is 11.6. The van der Waals surface area contributed by atoms with Gasteiger partial charge in [0.1, 0.15) is 5.01 Å². The molecular weight excluding hydrogens is 276 g/mol. The maximum atomic E-state index is 4.89. The van der Waals surface area contributed by atoms with Gasteiger partial charge in [0.2, 0.25) is 0 Å². The van der Waals surface area contributed by atoms with Crippen molar-refractivity contribution < 1.29 is 0 Å². The zero-order valence-electron chi connectivity index (χ0n) is 13.7. The fourth-order valence-corrected chi connectivity index (χ4v) is 3.47. The van der Waals surface area contributed by atoms with E-state index in [1.54, 1.807) is 0 Å². The van der Waals surface area contributed by atoms with E-state index in [1.807, 2.05) is 18.4 Å². The van der Waals surface area contributed by atoms with Gasteiger partial charge in [0.25, 0.3) is 0 Å². The van der Waals surface area contributed by atoms with Crippen molar-refractivity contribution in [3.05, 3.63) is 40.4 Å². The lowest BCUT2D eigenvalue weighted by atomic mass is 10.0. The Hall–Kier alpha value is -1.19. The van der Waals surface area contributed by atoms with Crippen molar-refractivity contribution in [1.29, 1.82) is 0 Å². The van der Waals surface area contributed by atoms with Crippen LogP contribution in [-0.4, -0.2) is 12.0 Å². The summed E-state index contributed by atoms with van der Waals surface area (Å²) in [7, 11) is 2.00. The molecule has 1 aromatic heterocycles. The first-order valence-corrected chi connectivity index (χ1v) is 8.56. The summed E-state index contributed by atoms with van der Waals surface area (Å²) in [5, 5.41) is 4.40. The smallest absolute Gasteiger partial charge is 0.123 e. The predicted octanol–water partition coefficient (Wildman–Crippen LogP) is 4.85. The Balaban J connectivity index is 2.30.